The van der Waals surface area contributed by atoms with Crippen molar-refractivity contribution in [3.63, 3.8) is 0 Å². The minimum absolute atomic E-state index is 0.233. The van der Waals surface area contributed by atoms with Crippen LogP contribution in [-0.2, 0) is 0 Å². The van der Waals surface area contributed by atoms with E-state index in [9.17, 15) is 0 Å². The normalized spacial score (nSPS) is 23.2. The molecule has 2 rings (SSSR count). The van der Waals surface area contributed by atoms with Crippen molar-refractivity contribution < 1.29 is 5.11 Å². The molecular weight excluding hydrogens is 304 g/mol. The first-order chi connectivity index (χ1) is 9.00. The molecule has 1 unspecified atom stereocenters. The van der Waals surface area contributed by atoms with E-state index in [1.165, 1.54) is 5.69 Å². The molecule has 1 aromatic carbocycles. The second-order valence-electron chi connectivity index (χ2n) is 6.11. The fourth-order valence-electron chi connectivity index (χ4n) is 2.59. The van der Waals surface area contributed by atoms with E-state index in [2.05, 4.69) is 64.3 Å². The number of benzene rings is 1. The Labute approximate surface area is 124 Å². The van der Waals surface area contributed by atoms with Crippen molar-refractivity contribution in [2.75, 3.05) is 31.1 Å². The van der Waals surface area contributed by atoms with Crippen LogP contribution in [0.25, 0.3) is 0 Å². The summed E-state index contributed by atoms with van der Waals surface area (Å²) in [7, 11) is 0. The van der Waals surface area contributed by atoms with Crippen LogP contribution < -0.4 is 10.2 Å². The second-order valence-corrected chi connectivity index (χ2v) is 7.03. The number of aliphatic hydroxyl groups is 1. The van der Waals surface area contributed by atoms with Gasteiger partial charge in [-0.2, -0.15) is 0 Å². The predicted molar refractivity (Wildman–Crippen MR) is 83.6 cm³/mol. The summed E-state index contributed by atoms with van der Waals surface area (Å²) in [5.74, 6) is 0. The third kappa shape index (κ3) is 4.20. The largest absolute Gasteiger partial charge is 0.396 e. The van der Waals surface area contributed by atoms with Crippen LogP contribution in [0.15, 0.2) is 28.7 Å². The SMILES string of the molecule is CC1(C)CNC(CCO)CN(c2ccc(Br)cc2)C1. The molecule has 1 aliphatic rings. The second kappa shape index (κ2) is 6.25. The third-order valence-corrected chi connectivity index (χ3v) is 4.13. The van der Waals surface area contributed by atoms with Crippen molar-refractivity contribution in [1.29, 1.82) is 0 Å². The molecule has 1 aromatic rings. The molecule has 4 heteroatoms. The number of halogens is 1. The molecule has 3 nitrogen and oxygen atoms in total. The van der Waals surface area contributed by atoms with Gasteiger partial charge in [-0.25, -0.2) is 0 Å². The Bertz CT molecular complexity index is 405. The Morgan fingerprint density at radius 3 is 2.68 bits per heavy atom. The van der Waals surface area contributed by atoms with Gasteiger partial charge in [0.05, 0.1) is 0 Å². The maximum Gasteiger partial charge on any atom is 0.0446 e. The molecule has 0 radical (unpaired) electrons. The van der Waals surface area contributed by atoms with Crippen molar-refractivity contribution in [1.82, 2.24) is 5.32 Å². The van der Waals surface area contributed by atoms with Gasteiger partial charge in [-0.05, 0) is 36.1 Å². The number of anilines is 1. The fraction of sp³-hybridized carbons (Fsp3) is 0.600. The molecule has 2 N–H and O–H groups in total. The zero-order valence-electron chi connectivity index (χ0n) is 11.7. The Balaban J connectivity index is 2.17. The molecule has 1 fully saturated rings. The van der Waals surface area contributed by atoms with Gasteiger partial charge in [0.1, 0.15) is 0 Å². The number of nitrogens with zero attached hydrogens (tertiary/aromatic N) is 1. The Kier molecular flexibility index (Phi) is 4.87. The lowest BCUT2D eigenvalue weighted by Gasteiger charge is -2.31. The van der Waals surface area contributed by atoms with Gasteiger partial charge in [0.15, 0.2) is 0 Å². The summed E-state index contributed by atoms with van der Waals surface area (Å²) in [5.41, 5.74) is 1.49. The van der Waals surface area contributed by atoms with Crippen LogP contribution in [0, 0.1) is 5.41 Å². The molecule has 1 heterocycles. The van der Waals surface area contributed by atoms with Crippen LogP contribution in [0.3, 0.4) is 0 Å². The first-order valence-corrected chi connectivity index (χ1v) is 7.64. The number of hydrogen-bond donors (Lipinski definition) is 2. The van der Waals surface area contributed by atoms with Crippen LogP contribution in [0.1, 0.15) is 20.3 Å². The van der Waals surface area contributed by atoms with Gasteiger partial charge in [0, 0.05) is 42.4 Å². The van der Waals surface area contributed by atoms with Crippen LogP contribution in [0.5, 0.6) is 0 Å². The number of rotatable bonds is 3. The Hall–Kier alpha value is -0.580. The molecule has 0 aromatic heterocycles. The fourth-order valence-corrected chi connectivity index (χ4v) is 2.85. The smallest absolute Gasteiger partial charge is 0.0446 e. The number of aliphatic hydroxyl groups excluding tert-OH is 1. The quantitative estimate of drug-likeness (QED) is 0.896. The average molecular weight is 327 g/mol. The van der Waals surface area contributed by atoms with Crippen molar-refractivity contribution in [2.24, 2.45) is 5.41 Å². The molecule has 1 aliphatic heterocycles. The van der Waals surface area contributed by atoms with Crippen molar-refractivity contribution in [3.8, 4) is 0 Å². The van der Waals surface area contributed by atoms with Gasteiger partial charge in [0.2, 0.25) is 0 Å². The topological polar surface area (TPSA) is 35.5 Å². The highest BCUT2D eigenvalue weighted by atomic mass is 79.9. The maximum atomic E-state index is 9.17. The van der Waals surface area contributed by atoms with E-state index < -0.39 is 0 Å². The molecule has 0 amide bonds. The Morgan fingerprint density at radius 1 is 1.37 bits per heavy atom. The minimum atomic E-state index is 0.233. The van der Waals surface area contributed by atoms with Crippen LogP contribution in [-0.4, -0.2) is 37.4 Å². The lowest BCUT2D eigenvalue weighted by atomic mass is 9.93. The van der Waals surface area contributed by atoms with E-state index in [4.69, 9.17) is 5.11 Å². The molecule has 0 spiro atoms. The van der Waals surface area contributed by atoms with Crippen molar-refractivity contribution in [2.45, 2.75) is 26.3 Å². The van der Waals surface area contributed by atoms with E-state index in [0.29, 0.717) is 6.04 Å². The summed E-state index contributed by atoms with van der Waals surface area (Å²) in [6.45, 7) is 7.78. The molecular formula is C15H23BrN2O. The van der Waals surface area contributed by atoms with Crippen LogP contribution >= 0.6 is 15.9 Å². The van der Waals surface area contributed by atoms with Gasteiger partial charge in [-0.3, -0.25) is 0 Å². The summed E-state index contributed by atoms with van der Waals surface area (Å²) < 4.78 is 1.11. The van der Waals surface area contributed by atoms with Gasteiger partial charge >= 0.3 is 0 Å². The highest BCUT2D eigenvalue weighted by Gasteiger charge is 2.28. The number of hydrogen-bond acceptors (Lipinski definition) is 3. The summed E-state index contributed by atoms with van der Waals surface area (Å²) in [6, 6.07) is 8.84. The van der Waals surface area contributed by atoms with E-state index in [0.717, 1.165) is 30.5 Å². The minimum Gasteiger partial charge on any atom is -0.396 e. The molecule has 0 bridgehead atoms. The highest BCUT2D eigenvalue weighted by molar-refractivity contribution is 9.10. The monoisotopic (exact) mass is 326 g/mol. The van der Waals surface area contributed by atoms with E-state index in [1.807, 2.05) is 0 Å². The Morgan fingerprint density at radius 2 is 2.05 bits per heavy atom. The molecule has 0 aliphatic carbocycles. The molecule has 106 valence electrons. The zero-order valence-corrected chi connectivity index (χ0v) is 13.3. The first-order valence-electron chi connectivity index (χ1n) is 6.85. The van der Waals surface area contributed by atoms with Gasteiger partial charge in [0.25, 0.3) is 0 Å². The van der Waals surface area contributed by atoms with E-state index >= 15 is 0 Å². The van der Waals surface area contributed by atoms with Crippen molar-refractivity contribution in [3.05, 3.63) is 28.7 Å². The zero-order chi connectivity index (χ0) is 13.9. The summed E-state index contributed by atoms with van der Waals surface area (Å²) >= 11 is 3.48. The van der Waals surface area contributed by atoms with Crippen molar-refractivity contribution >= 4 is 21.6 Å². The molecule has 1 saturated heterocycles. The lowest BCUT2D eigenvalue weighted by molar-refractivity contribution is 0.263. The molecule has 0 saturated carbocycles. The van der Waals surface area contributed by atoms with E-state index in [-0.39, 0.29) is 12.0 Å². The van der Waals surface area contributed by atoms with Gasteiger partial charge in [-0.1, -0.05) is 29.8 Å². The first kappa shape index (κ1) is 14.8. The summed E-state index contributed by atoms with van der Waals surface area (Å²) in [6.07, 6.45) is 0.809. The standard InChI is InChI=1S/C15H23BrN2O/c1-15(2)10-17-13(7-8-19)9-18(11-15)14-5-3-12(16)4-6-14/h3-6,13,17,19H,7-11H2,1-2H3. The van der Waals surface area contributed by atoms with Gasteiger partial charge in [-0.15, -0.1) is 0 Å². The lowest BCUT2D eigenvalue weighted by Crippen LogP contribution is -2.38. The maximum absolute atomic E-state index is 9.17. The number of nitrogens with one attached hydrogen (secondary N) is 1. The van der Waals surface area contributed by atoms with Crippen LogP contribution in [0.2, 0.25) is 0 Å². The third-order valence-electron chi connectivity index (χ3n) is 3.60. The van der Waals surface area contributed by atoms with Crippen LogP contribution in [0.4, 0.5) is 5.69 Å². The van der Waals surface area contributed by atoms with Gasteiger partial charge < -0.3 is 15.3 Å². The van der Waals surface area contributed by atoms with E-state index in [1.54, 1.807) is 0 Å². The summed E-state index contributed by atoms with van der Waals surface area (Å²) in [5, 5.41) is 12.7. The predicted octanol–water partition coefficient (Wildman–Crippen LogP) is 2.64. The average Bonchev–Trinajstić information content (AvgIpc) is 2.50. The highest BCUT2D eigenvalue weighted by Crippen LogP contribution is 2.26. The summed E-state index contributed by atoms with van der Waals surface area (Å²) in [4.78, 5) is 2.42. The molecule has 1 atom stereocenters. The molecule has 19 heavy (non-hydrogen) atoms.